The monoisotopic (exact) mass is 425 g/mol. The van der Waals surface area contributed by atoms with Gasteiger partial charge in [0.1, 0.15) is 6.10 Å². The highest BCUT2D eigenvalue weighted by Crippen LogP contribution is 2.23. The molecule has 3 heterocycles. The van der Waals surface area contributed by atoms with E-state index in [1.165, 1.54) is 0 Å². The summed E-state index contributed by atoms with van der Waals surface area (Å²) in [5.41, 5.74) is 3.47. The maximum Gasteiger partial charge on any atom is 0.251 e. The molecule has 2 amide bonds. The first-order valence-corrected chi connectivity index (χ1v) is 11.1. The summed E-state index contributed by atoms with van der Waals surface area (Å²) >= 11 is 0. The molecule has 2 aromatic rings. The van der Waals surface area contributed by atoms with Crippen molar-refractivity contribution in [2.45, 2.75) is 39.2 Å². The van der Waals surface area contributed by atoms with Crippen molar-refractivity contribution < 1.29 is 14.3 Å². The Balaban J connectivity index is 1.26. The molecule has 8 heteroatoms. The quantitative estimate of drug-likeness (QED) is 0.767. The first-order chi connectivity index (χ1) is 15.0. The second-order valence-electron chi connectivity index (χ2n) is 8.26. The zero-order valence-corrected chi connectivity index (χ0v) is 18.3. The average Bonchev–Trinajstić information content (AvgIpc) is 3.43. The summed E-state index contributed by atoms with van der Waals surface area (Å²) in [6.07, 6.45) is 1.96. The maximum absolute atomic E-state index is 12.6. The molecule has 2 fully saturated rings. The Morgan fingerprint density at radius 3 is 2.55 bits per heavy atom. The van der Waals surface area contributed by atoms with E-state index in [1.807, 2.05) is 53.8 Å². The lowest BCUT2D eigenvalue weighted by atomic mass is 10.2. The highest BCUT2D eigenvalue weighted by atomic mass is 16.5. The molecule has 1 aromatic heterocycles. The molecule has 1 atom stereocenters. The van der Waals surface area contributed by atoms with E-state index < -0.39 is 0 Å². The Morgan fingerprint density at radius 2 is 1.87 bits per heavy atom. The number of hydrogen-bond acceptors (Lipinski definition) is 5. The number of hydrogen-bond donors (Lipinski definition) is 1. The van der Waals surface area contributed by atoms with Gasteiger partial charge >= 0.3 is 0 Å². The SMILES string of the molecule is Cc1nn(-c2ccccc2)c(C)c1NC(=O)CCN1CCN(C(=O)C2CCCO2)CC1. The van der Waals surface area contributed by atoms with E-state index in [4.69, 9.17) is 4.74 Å². The number of benzene rings is 1. The Hall–Kier alpha value is -2.71. The number of aryl methyl sites for hydroxylation is 1. The second-order valence-corrected chi connectivity index (χ2v) is 8.26. The largest absolute Gasteiger partial charge is 0.368 e. The van der Waals surface area contributed by atoms with Crippen molar-refractivity contribution in [1.29, 1.82) is 0 Å². The standard InChI is InChI=1S/C23H31N5O3/c1-17-22(18(2)28(25-17)19-7-4-3-5-8-19)24-21(29)10-11-26-12-14-27(15-13-26)23(30)20-9-6-16-31-20/h3-5,7-8,20H,6,9-16H2,1-2H3,(H,24,29). The van der Waals surface area contributed by atoms with Crippen LogP contribution < -0.4 is 5.32 Å². The van der Waals surface area contributed by atoms with E-state index in [9.17, 15) is 9.59 Å². The number of carbonyl (C=O) groups is 2. The van der Waals surface area contributed by atoms with Gasteiger partial charge in [-0.15, -0.1) is 0 Å². The highest BCUT2D eigenvalue weighted by molar-refractivity contribution is 5.92. The van der Waals surface area contributed by atoms with Crippen LogP contribution in [0.1, 0.15) is 30.7 Å². The third kappa shape index (κ3) is 4.97. The molecule has 2 aliphatic rings. The van der Waals surface area contributed by atoms with Crippen LogP contribution in [0.4, 0.5) is 5.69 Å². The number of carbonyl (C=O) groups excluding carboxylic acids is 2. The van der Waals surface area contributed by atoms with E-state index in [0.717, 1.165) is 48.7 Å². The molecule has 0 aliphatic carbocycles. The fraction of sp³-hybridized carbons (Fsp3) is 0.522. The number of amides is 2. The van der Waals surface area contributed by atoms with Crippen LogP contribution in [0.3, 0.4) is 0 Å². The first-order valence-electron chi connectivity index (χ1n) is 11.1. The third-order valence-corrected chi connectivity index (χ3v) is 6.10. The summed E-state index contributed by atoms with van der Waals surface area (Å²) in [5.74, 6) is 0.105. The molecule has 4 rings (SSSR count). The van der Waals surface area contributed by atoms with Crippen molar-refractivity contribution in [3.63, 3.8) is 0 Å². The second kappa shape index (κ2) is 9.62. The predicted molar refractivity (Wildman–Crippen MR) is 118 cm³/mol. The summed E-state index contributed by atoms with van der Waals surface area (Å²) in [5, 5.41) is 7.63. The van der Waals surface area contributed by atoms with Crippen molar-refractivity contribution in [2.24, 2.45) is 0 Å². The Bertz CT molecular complexity index is 913. The normalized spacial score (nSPS) is 19.5. The molecule has 0 radical (unpaired) electrons. The number of piperazine rings is 1. The lowest BCUT2D eigenvalue weighted by Crippen LogP contribution is -2.51. The predicted octanol–water partition coefficient (Wildman–Crippen LogP) is 2.14. The van der Waals surface area contributed by atoms with Crippen LogP contribution in [-0.4, -0.2) is 76.8 Å². The van der Waals surface area contributed by atoms with Crippen molar-refractivity contribution >= 4 is 17.5 Å². The highest BCUT2D eigenvalue weighted by Gasteiger charge is 2.30. The fourth-order valence-electron chi connectivity index (χ4n) is 4.27. The summed E-state index contributed by atoms with van der Waals surface area (Å²) in [4.78, 5) is 29.2. The van der Waals surface area contributed by atoms with Gasteiger partial charge in [-0.25, -0.2) is 4.68 Å². The van der Waals surface area contributed by atoms with Gasteiger partial charge in [0.25, 0.3) is 5.91 Å². The van der Waals surface area contributed by atoms with E-state index in [2.05, 4.69) is 15.3 Å². The lowest BCUT2D eigenvalue weighted by Gasteiger charge is -2.35. The van der Waals surface area contributed by atoms with Crippen molar-refractivity contribution in [2.75, 3.05) is 44.6 Å². The molecular weight excluding hydrogens is 394 g/mol. The van der Waals surface area contributed by atoms with Crippen LogP contribution in [0.5, 0.6) is 0 Å². The third-order valence-electron chi connectivity index (χ3n) is 6.10. The minimum atomic E-state index is -0.249. The van der Waals surface area contributed by atoms with E-state index in [1.54, 1.807) is 0 Å². The molecule has 8 nitrogen and oxygen atoms in total. The molecule has 0 bridgehead atoms. The summed E-state index contributed by atoms with van der Waals surface area (Å²) < 4.78 is 7.37. The number of nitrogens with zero attached hydrogens (tertiary/aromatic N) is 4. The summed E-state index contributed by atoms with van der Waals surface area (Å²) in [7, 11) is 0. The summed E-state index contributed by atoms with van der Waals surface area (Å²) in [6, 6.07) is 9.90. The topological polar surface area (TPSA) is 79.7 Å². The van der Waals surface area contributed by atoms with E-state index >= 15 is 0 Å². The number of para-hydroxylation sites is 1. The molecule has 1 aromatic carbocycles. The first kappa shape index (κ1) is 21.5. The zero-order valence-electron chi connectivity index (χ0n) is 18.3. The van der Waals surface area contributed by atoms with Gasteiger partial charge in [0.2, 0.25) is 5.91 Å². The molecule has 2 aliphatic heterocycles. The zero-order chi connectivity index (χ0) is 21.8. The molecule has 166 valence electrons. The summed E-state index contributed by atoms with van der Waals surface area (Å²) in [6.45, 7) is 8.21. The van der Waals surface area contributed by atoms with Gasteiger partial charge in [-0.2, -0.15) is 5.10 Å². The minimum Gasteiger partial charge on any atom is -0.368 e. The van der Waals surface area contributed by atoms with E-state index in [-0.39, 0.29) is 17.9 Å². The van der Waals surface area contributed by atoms with Crippen LogP contribution in [0, 0.1) is 13.8 Å². The van der Waals surface area contributed by atoms with Crippen LogP contribution in [-0.2, 0) is 14.3 Å². The van der Waals surface area contributed by atoms with Gasteiger partial charge in [-0.1, -0.05) is 18.2 Å². The van der Waals surface area contributed by atoms with Crippen molar-refractivity contribution in [1.82, 2.24) is 19.6 Å². The number of aromatic nitrogens is 2. The van der Waals surface area contributed by atoms with Gasteiger partial charge < -0.3 is 15.0 Å². The van der Waals surface area contributed by atoms with Gasteiger partial charge in [-0.05, 0) is 38.8 Å². The van der Waals surface area contributed by atoms with Crippen molar-refractivity contribution in [3.8, 4) is 5.69 Å². The van der Waals surface area contributed by atoms with Crippen LogP contribution in [0.15, 0.2) is 30.3 Å². The van der Waals surface area contributed by atoms with Gasteiger partial charge in [0.05, 0.1) is 22.8 Å². The van der Waals surface area contributed by atoms with E-state index in [0.29, 0.717) is 32.7 Å². The van der Waals surface area contributed by atoms with Crippen LogP contribution in [0.2, 0.25) is 0 Å². The molecular formula is C23H31N5O3. The Morgan fingerprint density at radius 1 is 1.13 bits per heavy atom. The Labute approximate surface area is 183 Å². The number of rotatable bonds is 6. The van der Waals surface area contributed by atoms with Gasteiger partial charge in [0, 0.05) is 45.8 Å². The van der Waals surface area contributed by atoms with Gasteiger partial charge in [-0.3, -0.25) is 14.5 Å². The molecule has 1 unspecified atom stereocenters. The molecule has 0 spiro atoms. The molecule has 31 heavy (non-hydrogen) atoms. The molecule has 1 N–H and O–H groups in total. The smallest absolute Gasteiger partial charge is 0.251 e. The van der Waals surface area contributed by atoms with Crippen LogP contribution >= 0.6 is 0 Å². The van der Waals surface area contributed by atoms with Gasteiger partial charge in [0.15, 0.2) is 0 Å². The Kier molecular flexibility index (Phi) is 6.67. The molecule has 0 saturated carbocycles. The average molecular weight is 426 g/mol. The lowest BCUT2D eigenvalue weighted by molar-refractivity contribution is -0.142. The van der Waals surface area contributed by atoms with Crippen LogP contribution in [0.25, 0.3) is 5.69 Å². The molecule has 2 saturated heterocycles. The number of anilines is 1. The van der Waals surface area contributed by atoms with Crippen molar-refractivity contribution in [3.05, 3.63) is 41.7 Å². The number of nitrogens with one attached hydrogen (secondary N) is 1. The number of ether oxygens (including phenoxy) is 1. The fourth-order valence-corrected chi connectivity index (χ4v) is 4.27. The minimum absolute atomic E-state index is 0.0170. The maximum atomic E-state index is 12.6.